The quantitative estimate of drug-likeness (QED) is 0.669. The van der Waals surface area contributed by atoms with Gasteiger partial charge >= 0.3 is 0 Å². The predicted octanol–water partition coefficient (Wildman–Crippen LogP) is 3.63. The van der Waals surface area contributed by atoms with Gasteiger partial charge < -0.3 is 10.6 Å². The zero-order chi connectivity index (χ0) is 19.6. The van der Waals surface area contributed by atoms with Crippen molar-refractivity contribution in [2.45, 2.75) is 30.6 Å². The van der Waals surface area contributed by atoms with Crippen molar-refractivity contribution in [3.05, 3.63) is 54.6 Å². The van der Waals surface area contributed by atoms with Gasteiger partial charge in [-0.2, -0.15) is 0 Å². The molecule has 2 aliphatic rings. The van der Waals surface area contributed by atoms with E-state index in [1.54, 1.807) is 54.6 Å². The molecule has 2 aromatic rings. The summed E-state index contributed by atoms with van der Waals surface area (Å²) in [5.41, 5.74) is 0.672. The van der Waals surface area contributed by atoms with E-state index < -0.39 is 10.0 Å². The highest BCUT2D eigenvalue weighted by atomic mass is 35.5. The first-order valence-electron chi connectivity index (χ1n) is 9.70. The Morgan fingerprint density at radius 3 is 2.59 bits per heavy atom. The fraction of sp³-hybridized carbons (Fsp3) is 0.381. The summed E-state index contributed by atoms with van der Waals surface area (Å²) in [7, 11) is -3.67. The van der Waals surface area contributed by atoms with Crippen molar-refractivity contribution in [3.8, 4) is 0 Å². The Kier molecular flexibility index (Phi) is 6.51. The maximum atomic E-state index is 13.1. The molecule has 0 bridgehead atoms. The molecule has 0 unspecified atom stereocenters. The van der Waals surface area contributed by atoms with Crippen LogP contribution in [0.5, 0.6) is 0 Å². The molecule has 1 amide bonds. The molecule has 0 radical (unpaired) electrons. The van der Waals surface area contributed by atoms with Gasteiger partial charge in [-0.1, -0.05) is 37.1 Å². The van der Waals surface area contributed by atoms with Gasteiger partial charge in [0.2, 0.25) is 5.91 Å². The molecule has 8 heteroatoms. The molecule has 6 nitrogen and oxygen atoms in total. The summed E-state index contributed by atoms with van der Waals surface area (Å²) in [4.78, 5) is 13.3. The highest BCUT2D eigenvalue weighted by Gasteiger charge is 2.49. The van der Waals surface area contributed by atoms with Crippen molar-refractivity contribution in [2.75, 3.05) is 23.1 Å². The zero-order valence-electron chi connectivity index (χ0n) is 16.1. The summed E-state index contributed by atoms with van der Waals surface area (Å²) in [6.07, 6.45) is 4.23. The molecular formula is C21H26ClN3O3S. The minimum Gasteiger partial charge on any atom is -0.325 e. The molecule has 29 heavy (non-hydrogen) atoms. The second-order valence-electron chi connectivity index (χ2n) is 7.68. The van der Waals surface area contributed by atoms with Crippen LogP contribution >= 0.6 is 12.4 Å². The summed E-state index contributed by atoms with van der Waals surface area (Å²) in [6, 6.07) is 15.1. The number of sulfonamides is 1. The number of benzene rings is 2. The van der Waals surface area contributed by atoms with E-state index in [-0.39, 0.29) is 28.6 Å². The van der Waals surface area contributed by atoms with Crippen LogP contribution in [0.3, 0.4) is 0 Å². The average molecular weight is 436 g/mol. The number of fused-ring (bicyclic) bond motifs is 1. The fourth-order valence-electron chi connectivity index (χ4n) is 4.42. The molecule has 3 N–H and O–H groups in total. The number of carbonyl (C=O) groups is 1. The predicted molar refractivity (Wildman–Crippen MR) is 117 cm³/mol. The minimum absolute atomic E-state index is 0. The molecule has 2 atom stereocenters. The third-order valence-corrected chi connectivity index (χ3v) is 7.31. The Hall–Kier alpha value is -2.09. The standard InChI is InChI=1S/C21H25N3O3S.ClH/c25-20(21-12-5-4-7-16(21)14-22-15-21)23-17-8-6-9-18(13-17)24-28(26,27)19-10-2-1-3-11-19;/h1-3,6,8-11,13,16,22,24H,4-5,7,12,14-15H2,(H,23,25);1H/t16-,21+;/m0./s1. The van der Waals surface area contributed by atoms with Crippen LogP contribution in [0.15, 0.2) is 59.5 Å². The van der Waals surface area contributed by atoms with Crippen LogP contribution in [0.4, 0.5) is 11.4 Å². The highest BCUT2D eigenvalue weighted by molar-refractivity contribution is 7.92. The largest absolute Gasteiger partial charge is 0.325 e. The normalized spacial score (nSPS) is 23.5. The van der Waals surface area contributed by atoms with E-state index in [2.05, 4.69) is 15.4 Å². The molecule has 1 aliphatic heterocycles. The number of carbonyl (C=O) groups excluding carboxylic acids is 1. The number of hydrogen-bond acceptors (Lipinski definition) is 4. The lowest BCUT2D eigenvalue weighted by Gasteiger charge is -2.37. The number of rotatable bonds is 5. The van der Waals surface area contributed by atoms with Gasteiger partial charge in [-0.25, -0.2) is 8.42 Å². The Balaban J connectivity index is 0.00000240. The molecule has 2 aromatic carbocycles. The molecule has 1 aliphatic carbocycles. The van der Waals surface area contributed by atoms with Crippen molar-refractivity contribution in [1.29, 1.82) is 0 Å². The summed E-state index contributed by atoms with van der Waals surface area (Å²) in [6.45, 7) is 1.61. The Morgan fingerprint density at radius 2 is 1.79 bits per heavy atom. The van der Waals surface area contributed by atoms with E-state index in [0.717, 1.165) is 25.8 Å². The van der Waals surface area contributed by atoms with Gasteiger partial charge in [0.05, 0.1) is 16.0 Å². The first-order chi connectivity index (χ1) is 13.5. The van der Waals surface area contributed by atoms with Gasteiger partial charge in [-0.05, 0) is 55.6 Å². The van der Waals surface area contributed by atoms with Gasteiger partial charge in [0.15, 0.2) is 0 Å². The molecule has 0 aromatic heterocycles. The minimum atomic E-state index is -3.67. The Labute approximate surface area is 177 Å². The lowest BCUT2D eigenvalue weighted by molar-refractivity contribution is -0.128. The molecule has 1 saturated heterocycles. The number of hydrogen-bond donors (Lipinski definition) is 3. The molecule has 1 saturated carbocycles. The SMILES string of the molecule is Cl.O=C(Nc1cccc(NS(=O)(=O)c2ccccc2)c1)[C@@]12CCCC[C@H]1CNC2. The van der Waals surface area contributed by atoms with Crippen LogP contribution in [0, 0.1) is 11.3 Å². The lowest BCUT2D eigenvalue weighted by atomic mass is 9.67. The van der Waals surface area contributed by atoms with E-state index in [9.17, 15) is 13.2 Å². The van der Waals surface area contributed by atoms with E-state index in [1.807, 2.05) is 0 Å². The fourth-order valence-corrected chi connectivity index (χ4v) is 5.49. The monoisotopic (exact) mass is 435 g/mol. The van der Waals surface area contributed by atoms with Crippen LogP contribution in [-0.2, 0) is 14.8 Å². The Bertz CT molecular complexity index is 968. The van der Waals surface area contributed by atoms with Crippen molar-refractivity contribution >= 4 is 39.7 Å². The van der Waals surface area contributed by atoms with Gasteiger partial charge in [-0.3, -0.25) is 9.52 Å². The topological polar surface area (TPSA) is 87.3 Å². The first-order valence-corrected chi connectivity index (χ1v) is 11.2. The molecule has 0 spiro atoms. The van der Waals surface area contributed by atoms with E-state index in [1.165, 1.54) is 6.42 Å². The third-order valence-electron chi connectivity index (χ3n) is 5.92. The second-order valence-corrected chi connectivity index (χ2v) is 9.37. The number of anilines is 2. The van der Waals surface area contributed by atoms with Crippen molar-refractivity contribution in [2.24, 2.45) is 11.3 Å². The molecular weight excluding hydrogens is 410 g/mol. The van der Waals surface area contributed by atoms with Gasteiger partial charge in [0, 0.05) is 12.2 Å². The smallest absolute Gasteiger partial charge is 0.261 e. The number of halogens is 1. The zero-order valence-corrected chi connectivity index (χ0v) is 17.7. The average Bonchev–Trinajstić information content (AvgIpc) is 3.14. The number of amides is 1. The summed E-state index contributed by atoms with van der Waals surface area (Å²) >= 11 is 0. The van der Waals surface area contributed by atoms with E-state index in [4.69, 9.17) is 0 Å². The van der Waals surface area contributed by atoms with Gasteiger partial charge in [0.1, 0.15) is 0 Å². The molecule has 4 rings (SSSR count). The van der Waals surface area contributed by atoms with Crippen LogP contribution in [0.25, 0.3) is 0 Å². The van der Waals surface area contributed by atoms with E-state index >= 15 is 0 Å². The Morgan fingerprint density at radius 1 is 1.03 bits per heavy atom. The van der Waals surface area contributed by atoms with Crippen LogP contribution < -0.4 is 15.4 Å². The lowest BCUT2D eigenvalue weighted by Crippen LogP contribution is -2.44. The maximum absolute atomic E-state index is 13.1. The van der Waals surface area contributed by atoms with Crippen molar-refractivity contribution < 1.29 is 13.2 Å². The summed E-state index contributed by atoms with van der Waals surface area (Å²) < 4.78 is 27.6. The van der Waals surface area contributed by atoms with Crippen LogP contribution in [-0.4, -0.2) is 27.4 Å². The van der Waals surface area contributed by atoms with E-state index in [0.29, 0.717) is 23.8 Å². The maximum Gasteiger partial charge on any atom is 0.261 e. The first kappa shape index (κ1) is 21.6. The number of nitrogens with one attached hydrogen (secondary N) is 3. The molecule has 156 valence electrons. The van der Waals surface area contributed by atoms with Gasteiger partial charge in [-0.15, -0.1) is 12.4 Å². The van der Waals surface area contributed by atoms with Crippen molar-refractivity contribution in [1.82, 2.24) is 5.32 Å². The van der Waals surface area contributed by atoms with Crippen LogP contribution in [0.2, 0.25) is 0 Å². The van der Waals surface area contributed by atoms with Gasteiger partial charge in [0.25, 0.3) is 10.0 Å². The molecule has 2 fully saturated rings. The van der Waals surface area contributed by atoms with Crippen molar-refractivity contribution in [3.63, 3.8) is 0 Å². The highest BCUT2D eigenvalue weighted by Crippen LogP contribution is 2.44. The third kappa shape index (κ3) is 4.42. The molecule has 1 heterocycles. The van der Waals surface area contributed by atoms with Crippen LogP contribution in [0.1, 0.15) is 25.7 Å². The second kappa shape index (κ2) is 8.73. The summed E-state index contributed by atoms with van der Waals surface area (Å²) in [5, 5.41) is 6.41. The summed E-state index contributed by atoms with van der Waals surface area (Å²) in [5.74, 6) is 0.409.